The fourth-order valence-corrected chi connectivity index (χ4v) is 3.13. The normalized spacial score (nSPS) is 13.0. The molecule has 130 valence electrons. The van der Waals surface area contributed by atoms with Crippen LogP contribution in [0.4, 0.5) is 11.4 Å². The van der Waals surface area contributed by atoms with Gasteiger partial charge in [-0.3, -0.25) is 10.1 Å². The summed E-state index contributed by atoms with van der Waals surface area (Å²) in [6, 6.07) is 1.62. The van der Waals surface area contributed by atoms with Crippen molar-refractivity contribution in [3.05, 3.63) is 27.0 Å². The molecule has 0 radical (unpaired) electrons. The van der Waals surface area contributed by atoms with Gasteiger partial charge in [0.1, 0.15) is 16.5 Å². The van der Waals surface area contributed by atoms with Crippen LogP contribution in [0.1, 0.15) is 34.6 Å². The number of halogens is 1. The molecule has 23 heavy (non-hydrogen) atoms. The summed E-state index contributed by atoms with van der Waals surface area (Å²) in [5, 5.41) is 14.5. The molecule has 0 atom stereocenters. The predicted octanol–water partition coefficient (Wildman–Crippen LogP) is 4.96. The standard InChI is InChI=1S/C15H26BrN3O3Si/c1-14(2,3)23(6,7)22-10-15(4,5)18-11-8-13(16)17-9-12(11)19(20)21/h8-9H,10H2,1-7H3,(H,17,18). The van der Waals surface area contributed by atoms with E-state index in [4.69, 9.17) is 4.43 Å². The Hall–Kier alpha value is -0.993. The quantitative estimate of drug-likeness (QED) is 0.314. The molecule has 0 bridgehead atoms. The lowest BCUT2D eigenvalue weighted by atomic mass is 10.1. The lowest BCUT2D eigenvalue weighted by Crippen LogP contribution is -2.46. The Kier molecular flexibility index (Phi) is 5.98. The van der Waals surface area contributed by atoms with E-state index < -0.39 is 18.8 Å². The molecule has 1 rings (SSSR count). The first kappa shape index (κ1) is 20.1. The highest BCUT2D eigenvalue weighted by atomic mass is 79.9. The zero-order valence-corrected chi connectivity index (χ0v) is 17.4. The molecule has 1 aromatic rings. The molecule has 0 spiro atoms. The Morgan fingerprint density at radius 1 is 1.35 bits per heavy atom. The van der Waals surface area contributed by atoms with Crippen molar-refractivity contribution in [1.82, 2.24) is 4.98 Å². The summed E-state index contributed by atoms with van der Waals surface area (Å²) in [5.41, 5.74) is -0.0598. The number of aromatic nitrogens is 1. The highest BCUT2D eigenvalue weighted by molar-refractivity contribution is 9.10. The molecule has 0 saturated heterocycles. The third kappa shape index (κ3) is 5.54. The number of nitrogens with zero attached hydrogens (tertiary/aromatic N) is 2. The molecule has 0 unspecified atom stereocenters. The van der Waals surface area contributed by atoms with E-state index in [-0.39, 0.29) is 10.7 Å². The minimum Gasteiger partial charge on any atom is -0.414 e. The van der Waals surface area contributed by atoms with Crippen molar-refractivity contribution in [2.45, 2.75) is 58.3 Å². The molecular formula is C15H26BrN3O3Si. The minimum absolute atomic E-state index is 0.0476. The maximum atomic E-state index is 11.2. The van der Waals surface area contributed by atoms with Crippen LogP contribution in [0.5, 0.6) is 0 Å². The minimum atomic E-state index is -1.87. The number of nitrogens with one attached hydrogen (secondary N) is 1. The average Bonchev–Trinajstić information content (AvgIpc) is 2.34. The Balaban J connectivity index is 2.91. The highest BCUT2D eigenvalue weighted by Crippen LogP contribution is 2.37. The highest BCUT2D eigenvalue weighted by Gasteiger charge is 2.38. The lowest BCUT2D eigenvalue weighted by molar-refractivity contribution is -0.384. The first-order valence-corrected chi connectivity index (χ1v) is 11.2. The molecular weight excluding hydrogens is 378 g/mol. The average molecular weight is 404 g/mol. The van der Waals surface area contributed by atoms with Crippen LogP contribution in [0.2, 0.25) is 18.1 Å². The summed E-state index contributed by atoms with van der Waals surface area (Å²) < 4.78 is 6.79. The third-order valence-electron chi connectivity index (χ3n) is 4.12. The fraction of sp³-hybridized carbons (Fsp3) is 0.667. The van der Waals surface area contributed by atoms with E-state index in [2.05, 4.69) is 60.1 Å². The maximum Gasteiger partial charge on any atom is 0.310 e. The van der Waals surface area contributed by atoms with Gasteiger partial charge in [-0.15, -0.1) is 0 Å². The Bertz CT molecular complexity index is 586. The van der Waals surface area contributed by atoms with Gasteiger partial charge in [0, 0.05) is 6.07 Å². The van der Waals surface area contributed by atoms with E-state index in [1.165, 1.54) is 6.20 Å². The third-order valence-corrected chi connectivity index (χ3v) is 9.03. The molecule has 1 aromatic heterocycles. The summed E-state index contributed by atoms with van der Waals surface area (Å²) in [5.74, 6) is 0. The fourth-order valence-electron chi connectivity index (χ4n) is 1.65. The van der Waals surface area contributed by atoms with Crippen molar-refractivity contribution >= 4 is 35.6 Å². The number of anilines is 1. The van der Waals surface area contributed by atoms with Crippen LogP contribution in [0.15, 0.2) is 16.9 Å². The van der Waals surface area contributed by atoms with Crippen LogP contribution < -0.4 is 5.32 Å². The molecule has 0 amide bonds. The number of pyridine rings is 1. The molecule has 8 heteroatoms. The summed E-state index contributed by atoms with van der Waals surface area (Å²) in [4.78, 5) is 14.6. The van der Waals surface area contributed by atoms with Crippen LogP contribution in [0.25, 0.3) is 0 Å². The zero-order valence-electron chi connectivity index (χ0n) is 14.9. The van der Waals surface area contributed by atoms with Gasteiger partial charge in [-0.05, 0) is 47.9 Å². The lowest BCUT2D eigenvalue weighted by Gasteiger charge is -2.39. The van der Waals surface area contributed by atoms with Gasteiger partial charge in [0.2, 0.25) is 0 Å². The number of rotatable bonds is 6. The summed E-state index contributed by atoms with van der Waals surface area (Å²) in [6.07, 6.45) is 1.25. The first-order valence-electron chi connectivity index (χ1n) is 7.47. The second kappa shape index (κ2) is 6.86. The van der Waals surface area contributed by atoms with Crippen molar-refractivity contribution < 1.29 is 9.35 Å². The van der Waals surface area contributed by atoms with Gasteiger partial charge < -0.3 is 9.74 Å². The Morgan fingerprint density at radius 3 is 2.39 bits per heavy atom. The molecule has 0 aromatic carbocycles. The summed E-state index contributed by atoms with van der Waals surface area (Å²) in [6.45, 7) is 15.3. The second-order valence-electron chi connectivity index (χ2n) is 7.84. The largest absolute Gasteiger partial charge is 0.414 e. The van der Waals surface area contributed by atoms with Crippen molar-refractivity contribution in [2.75, 3.05) is 11.9 Å². The molecule has 0 fully saturated rings. The van der Waals surface area contributed by atoms with E-state index >= 15 is 0 Å². The zero-order chi connectivity index (χ0) is 18.1. The van der Waals surface area contributed by atoms with E-state index in [0.717, 1.165) is 0 Å². The van der Waals surface area contributed by atoms with Crippen LogP contribution in [-0.2, 0) is 4.43 Å². The molecule has 0 aliphatic carbocycles. The van der Waals surface area contributed by atoms with Gasteiger partial charge in [-0.2, -0.15) is 0 Å². The van der Waals surface area contributed by atoms with Crippen LogP contribution in [-0.4, -0.2) is 30.4 Å². The van der Waals surface area contributed by atoms with Gasteiger partial charge in [0.15, 0.2) is 8.32 Å². The van der Waals surface area contributed by atoms with Crippen molar-refractivity contribution in [2.24, 2.45) is 0 Å². The Morgan fingerprint density at radius 2 is 1.91 bits per heavy atom. The molecule has 0 saturated carbocycles. The van der Waals surface area contributed by atoms with Gasteiger partial charge in [0.25, 0.3) is 0 Å². The molecule has 1 N–H and O–H groups in total. The van der Waals surface area contributed by atoms with Crippen LogP contribution in [0, 0.1) is 10.1 Å². The Labute approximate surface area is 147 Å². The topological polar surface area (TPSA) is 77.3 Å². The monoisotopic (exact) mass is 403 g/mol. The van der Waals surface area contributed by atoms with Crippen LogP contribution >= 0.6 is 15.9 Å². The van der Waals surface area contributed by atoms with E-state index in [1.54, 1.807) is 6.07 Å². The van der Waals surface area contributed by atoms with E-state index in [0.29, 0.717) is 16.9 Å². The molecule has 0 aliphatic heterocycles. The first-order chi connectivity index (χ1) is 10.3. The van der Waals surface area contributed by atoms with Crippen LogP contribution in [0.3, 0.4) is 0 Å². The maximum absolute atomic E-state index is 11.2. The molecule has 0 aliphatic rings. The van der Waals surface area contributed by atoms with Gasteiger partial charge in [-0.25, -0.2) is 4.98 Å². The van der Waals surface area contributed by atoms with Crippen molar-refractivity contribution in [3.63, 3.8) is 0 Å². The number of hydrogen-bond donors (Lipinski definition) is 1. The SMILES string of the molecule is CC(C)(CO[Si](C)(C)C(C)(C)C)Nc1cc(Br)ncc1[N+](=O)[O-]. The summed E-state index contributed by atoms with van der Waals surface area (Å²) >= 11 is 3.25. The van der Waals surface area contributed by atoms with Gasteiger partial charge in [-0.1, -0.05) is 20.8 Å². The smallest absolute Gasteiger partial charge is 0.310 e. The van der Waals surface area contributed by atoms with Gasteiger partial charge >= 0.3 is 5.69 Å². The number of nitro groups is 1. The predicted molar refractivity (Wildman–Crippen MR) is 99.4 cm³/mol. The molecule has 1 heterocycles. The van der Waals surface area contributed by atoms with E-state index in [9.17, 15) is 10.1 Å². The second-order valence-corrected chi connectivity index (χ2v) is 13.5. The van der Waals surface area contributed by atoms with E-state index in [1.807, 2.05) is 13.8 Å². The van der Waals surface area contributed by atoms with Crippen molar-refractivity contribution in [1.29, 1.82) is 0 Å². The molecule has 6 nitrogen and oxygen atoms in total. The number of hydrogen-bond acceptors (Lipinski definition) is 5. The van der Waals surface area contributed by atoms with Crippen molar-refractivity contribution in [3.8, 4) is 0 Å². The summed E-state index contributed by atoms with van der Waals surface area (Å²) in [7, 11) is -1.87. The van der Waals surface area contributed by atoms with Gasteiger partial charge in [0.05, 0.1) is 17.1 Å².